The van der Waals surface area contributed by atoms with Crippen molar-refractivity contribution < 1.29 is 0 Å². The summed E-state index contributed by atoms with van der Waals surface area (Å²) in [5.74, 6) is 0.719. The first kappa shape index (κ1) is 21.8. The van der Waals surface area contributed by atoms with E-state index in [0.29, 0.717) is 0 Å². The SMILES string of the molecule is CNCCNC(c1ccccc1)(c1ccccc1)c1ccc(C2CCCCCC2)cc1. The smallest absolute Gasteiger partial charge is 0.0948 e. The summed E-state index contributed by atoms with van der Waals surface area (Å²) in [6.45, 7) is 1.80. The van der Waals surface area contributed by atoms with E-state index in [1.807, 2.05) is 7.05 Å². The van der Waals surface area contributed by atoms with Crippen molar-refractivity contribution in [3.8, 4) is 0 Å². The molecule has 0 saturated heterocycles. The van der Waals surface area contributed by atoms with E-state index < -0.39 is 0 Å². The fourth-order valence-electron chi connectivity index (χ4n) is 5.18. The molecular weight excluding hydrogens is 376 g/mol. The summed E-state index contributed by atoms with van der Waals surface area (Å²) < 4.78 is 0. The Morgan fingerprint density at radius 2 is 1.16 bits per heavy atom. The summed E-state index contributed by atoms with van der Waals surface area (Å²) >= 11 is 0. The minimum Gasteiger partial charge on any atom is -0.318 e. The van der Waals surface area contributed by atoms with Crippen LogP contribution < -0.4 is 10.6 Å². The number of benzene rings is 3. The Balaban J connectivity index is 1.77. The van der Waals surface area contributed by atoms with Crippen molar-refractivity contribution in [2.45, 2.75) is 50.0 Å². The number of rotatable bonds is 8. The first-order valence-electron chi connectivity index (χ1n) is 12.0. The lowest BCUT2D eigenvalue weighted by atomic mass is 9.76. The Labute approximate surface area is 188 Å². The van der Waals surface area contributed by atoms with Gasteiger partial charge in [0.25, 0.3) is 0 Å². The molecule has 2 heteroatoms. The van der Waals surface area contributed by atoms with E-state index in [0.717, 1.165) is 19.0 Å². The van der Waals surface area contributed by atoms with Gasteiger partial charge >= 0.3 is 0 Å². The fraction of sp³-hybridized carbons (Fsp3) is 0.379. The van der Waals surface area contributed by atoms with Crippen molar-refractivity contribution in [3.05, 3.63) is 107 Å². The Hall–Kier alpha value is -2.42. The lowest BCUT2D eigenvalue weighted by molar-refractivity contribution is 0.469. The van der Waals surface area contributed by atoms with E-state index in [9.17, 15) is 0 Å². The molecule has 0 spiro atoms. The van der Waals surface area contributed by atoms with Crippen molar-refractivity contribution in [1.82, 2.24) is 10.6 Å². The molecule has 3 aromatic rings. The maximum Gasteiger partial charge on any atom is 0.0948 e. The van der Waals surface area contributed by atoms with Crippen LogP contribution in [0.25, 0.3) is 0 Å². The summed E-state index contributed by atoms with van der Waals surface area (Å²) in [6.07, 6.45) is 8.21. The largest absolute Gasteiger partial charge is 0.318 e. The van der Waals surface area contributed by atoms with Crippen LogP contribution in [0.2, 0.25) is 0 Å². The molecule has 0 heterocycles. The highest BCUT2D eigenvalue weighted by Crippen LogP contribution is 2.38. The molecule has 2 N–H and O–H groups in total. The highest BCUT2D eigenvalue weighted by molar-refractivity contribution is 5.50. The first-order valence-corrected chi connectivity index (χ1v) is 12.0. The predicted octanol–water partition coefficient (Wildman–Crippen LogP) is 6.23. The fourth-order valence-corrected chi connectivity index (χ4v) is 5.18. The van der Waals surface area contributed by atoms with E-state index >= 15 is 0 Å². The minimum atomic E-state index is -0.374. The monoisotopic (exact) mass is 412 g/mol. The standard InChI is InChI=1S/C29H36N2/c1-30-22-23-31-29(26-14-8-4-9-15-26,27-16-10-5-11-17-27)28-20-18-25(19-21-28)24-12-6-2-3-7-13-24/h4-5,8-11,14-21,24,30-31H,2-3,6-7,12-13,22-23H2,1H3. The van der Waals surface area contributed by atoms with Crippen molar-refractivity contribution in [2.75, 3.05) is 20.1 Å². The summed E-state index contributed by atoms with van der Waals surface area (Å²) in [4.78, 5) is 0. The first-order chi connectivity index (χ1) is 15.3. The van der Waals surface area contributed by atoms with Crippen LogP contribution in [0.3, 0.4) is 0 Å². The van der Waals surface area contributed by atoms with Crippen LogP contribution in [-0.2, 0) is 5.54 Å². The van der Waals surface area contributed by atoms with Gasteiger partial charge in [0.2, 0.25) is 0 Å². The Morgan fingerprint density at radius 3 is 1.68 bits per heavy atom. The van der Waals surface area contributed by atoms with Crippen LogP contribution in [-0.4, -0.2) is 20.1 Å². The maximum atomic E-state index is 3.93. The molecule has 0 amide bonds. The van der Waals surface area contributed by atoms with Crippen LogP contribution in [0.1, 0.15) is 66.7 Å². The van der Waals surface area contributed by atoms with Crippen LogP contribution in [0.4, 0.5) is 0 Å². The molecule has 0 atom stereocenters. The zero-order valence-electron chi connectivity index (χ0n) is 18.8. The topological polar surface area (TPSA) is 24.1 Å². The Kier molecular flexibility index (Phi) is 7.56. The van der Waals surface area contributed by atoms with E-state index in [2.05, 4.69) is 95.6 Å². The van der Waals surface area contributed by atoms with Gasteiger partial charge in [-0.3, -0.25) is 5.32 Å². The van der Waals surface area contributed by atoms with Crippen molar-refractivity contribution in [2.24, 2.45) is 0 Å². The van der Waals surface area contributed by atoms with Gasteiger partial charge in [-0.1, -0.05) is 111 Å². The van der Waals surface area contributed by atoms with Crippen LogP contribution in [0.5, 0.6) is 0 Å². The molecule has 0 radical (unpaired) electrons. The van der Waals surface area contributed by atoms with Gasteiger partial charge in [-0.05, 0) is 48.1 Å². The van der Waals surface area contributed by atoms with Gasteiger partial charge in [0.05, 0.1) is 5.54 Å². The molecule has 0 bridgehead atoms. The Bertz CT molecular complexity index is 855. The van der Waals surface area contributed by atoms with Gasteiger partial charge in [0.15, 0.2) is 0 Å². The zero-order valence-corrected chi connectivity index (χ0v) is 18.8. The Morgan fingerprint density at radius 1 is 0.645 bits per heavy atom. The van der Waals surface area contributed by atoms with Gasteiger partial charge in [-0.2, -0.15) is 0 Å². The molecule has 0 unspecified atom stereocenters. The molecule has 1 fully saturated rings. The molecule has 0 aromatic heterocycles. The quantitative estimate of drug-likeness (QED) is 0.260. The third-order valence-electron chi connectivity index (χ3n) is 6.85. The van der Waals surface area contributed by atoms with Crippen molar-refractivity contribution >= 4 is 0 Å². The number of nitrogens with one attached hydrogen (secondary N) is 2. The van der Waals surface area contributed by atoms with Gasteiger partial charge in [-0.15, -0.1) is 0 Å². The number of likely N-dealkylation sites (N-methyl/N-ethyl adjacent to an activating group) is 1. The average molecular weight is 413 g/mol. The summed E-state index contributed by atoms with van der Waals surface area (Å²) in [5, 5.41) is 7.22. The molecular formula is C29H36N2. The van der Waals surface area contributed by atoms with Gasteiger partial charge in [0, 0.05) is 13.1 Å². The second kappa shape index (κ2) is 10.7. The van der Waals surface area contributed by atoms with Crippen molar-refractivity contribution in [3.63, 3.8) is 0 Å². The van der Waals surface area contributed by atoms with E-state index in [-0.39, 0.29) is 5.54 Å². The highest BCUT2D eigenvalue weighted by Gasteiger charge is 2.35. The highest BCUT2D eigenvalue weighted by atomic mass is 15.0. The minimum absolute atomic E-state index is 0.374. The number of hydrogen-bond donors (Lipinski definition) is 2. The summed E-state index contributed by atoms with van der Waals surface area (Å²) in [6, 6.07) is 31.3. The van der Waals surface area contributed by atoms with Crippen LogP contribution in [0.15, 0.2) is 84.9 Å². The van der Waals surface area contributed by atoms with Crippen LogP contribution >= 0.6 is 0 Å². The van der Waals surface area contributed by atoms with E-state index in [1.54, 1.807) is 0 Å². The second-order valence-corrected chi connectivity index (χ2v) is 8.82. The molecule has 3 aromatic carbocycles. The molecule has 1 aliphatic carbocycles. The summed E-state index contributed by atoms with van der Waals surface area (Å²) in [7, 11) is 2.01. The number of hydrogen-bond acceptors (Lipinski definition) is 2. The third-order valence-corrected chi connectivity index (χ3v) is 6.85. The molecule has 1 aliphatic rings. The zero-order chi connectivity index (χ0) is 21.4. The molecule has 1 saturated carbocycles. The van der Waals surface area contributed by atoms with Gasteiger partial charge < -0.3 is 5.32 Å². The molecule has 31 heavy (non-hydrogen) atoms. The average Bonchev–Trinajstić information content (AvgIpc) is 3.13. The second-order valence-electron chi connectivity index (χ2n) is 8.82. The van der Waals surface area contributed by atoms with Gasteiger partial charge in [-0.25, -0.2) is 0 Å². The summed E-state index contributed by atoms with van der Waals surface area (Å²) in [5.41, 5.74) is 5.00. The molecule has 0 aliphatic heterocycles. The van der Waals surface area contributed by atoms with Gasteiger partial charge in [0.1, 0.15) is 0 Å². The molecule has 4 rings (SSSR count). The molecule has 2 nitrogen and oxygen atoms in total. The maximum absolute atomic E-state index is 3.93. The normalized spacial score (nSPS) is 15.5. The predicted molar refractivity (Wildman–Crippen MR) is 132 cm³/mol. The van der Waals surface area contributed by atoms with Crippen molar-refractivity contribution in [1.29, 1.82) is 0 Å². The molecule has 162 valence electrons. The van der Waals surface area contributed by atoms with E-state index in [4.69, 9.17) is 0 Å². The van der Waals surface area contributed by atoms with E-state index in [1.165, 1.54) is 60.8 Å². The lowest BCUT2D eigenvalue weighted by Gasteiger charge is -2.37. The third kappa shape index (κ3) is 4.92. The van der Waals surface area contributed by atoms with Crippen LogP contribution in [0, 0.1) is 0 Å². The lowest BCUT2D eigenvalue weighted by Crippen LogP contribution is -2.46.